The average molecular weight is 371 g/mol. The molecule has 0 aliphatic carbocycles. The molecule has 0 saturated heterocycles. The van der Waals surface area contributed by atoms with Gasteiger partial charge in [-0.3, -0.25) is 0 Å². The van der Waals surface area contributed by atoms with Crippen molar-refractivity contribution in [1.29, 1.82) is 0 Å². The summed E-state index contributed by atoms with van der Waals surface area (Å²) < 4.78 is 1.40. The van der Waals surface area contributed by atoms with E-state index in [-0.39, 0.29) is 11.6 Å². The van der Waals surface area contributed by atoms with Gasteiger partial charge in [-0.2, -0.15) is 14.7 Å². The predicted molar refractivity (Wildman–Crippen MR) is 108 cm³/mol. The van der Waals surface area contributed by atoms with Crippen LogP contribution in [0.1, 0.15) is 5.69 Å². The first kappa shape index (κ1) is 17.3. The summed E-state index contributed by atoms with van der Waals surface area (Å²) in [5, 5.41) is 21.1. The summed E-state index contributed by atoms with van der Waals surface area (Å²) in [4.78, 5) is 4.51. The fraction of sp³-hybridized carbons (Fsp3) is 0.0526. The summed E-state index contributed by atoms with van der Waals surface area (Å²) in [6.07, 6.45) is 0. The van der Waals surface area contributed by atoms with Gasteiger partial charge in [0, 0.05) is 0 Å². The van der Waals surface area contributed by atoms with E-state index in [4.69, 9.17) is 11.5 Å². The smallest absolute Gasteiger partial charge is 0.187 e. The SMILES string of the molecule is Cc1nc2c(N=Nc3ccccc3)c(N)nn2c(N)c1N=Nc1ccccc1. The van der Waals surface area contributed by atoms with Crippen LogP contribution in [0, 0.1) is 6.92 Å². The largest absolute Gasteiger partial charge is 0.382 e. The Kier molecular flexibility index (Phi) is 4.47. The topological polar surface area (TPSA) is 132 Å². The Labute approximate surface area is 160 Å². The van der Waals surface area contributed by atoms with Crippen LogP contribution < -0.4 is 11.5 Å². The third kappa shape index (κ3) is 3.28. The number of rotatable bonds is 4. The molecule has 0 aliphatic rings. The molecule has 0 atom stereocenters. The zero-order valence-corrected chi connectivity index (χ0v) is 15.1. The molecule has 4 N–H and O–H groups in total. The van der Waals surface area contributed by atoms with Gasteiger partial charge in [-0.1, -0.05) is 36.4 Å². The van der Waals surface area contributed by atoms with E-state index in [1.54, 1.807) is 6.92 Å². The number of nitrogens with two attached hydrogens (primary N) is 2. The molecular weight excluding hydrogens is 354 g/mol. The molecule has 2 aromatic heterocycles. The van der Waals surface area contributed by atoms with E-state index in [9.17, 15) is 0 Å². The Morgan fingerprint density at radius 3 is 1.86 bits per heavy atom. The molecular formula is C19H17N9. The number of aromatic nitrogens is 3. The molecule has 138 valence electrons. The number of benzene rings is 2. The number of hydrogen-bond donors (Lipinski definition) is 2. The van der Waals surface area contributed by atoms with Crippen LogP contribution in [-0.4, -0.2) is 14.6 Å². The Hall–Kier alpha value is -4.14. The number of anilines is 2. The van der Waals surface area contributed by atoms with Crippen molar-refractivity contribution in [1.82, 2.24) is 14.6 Å². The van der Waals surface area contributed by atoms with Gasteiger partial charge in [0.1, 0.15) is 5.69 Å². The van der Waals surface area contributed by atoms with Crippen molar-refractivity contribution in [2.45, 2.75) is 6.92 Å². The number of aryl methyl sites for hydroxylation is 1. The van der Waals surface area contributed by atoms with Gasteiger partial charge >= 0.3 is 0 Å². The van der Waals surface area contributed by atoms with E-state index in [1.807, 2.05) is 60.7 Å². The first-order valence-electron chi connectivity index (χ1n) is 8.51. The fourth-order valence-corrected chi connectivity index (χ4v) is 2.61. The number of hydrogen-bond acceptors (Lipinski definition) is 8. The van der Waals surface area contributed by atoms with Gasteiger partial charge in [0.15, 0.2) is 23.0 Å². The third-order valence-corrected chi connectivity index (χ3v) is 3.99. The minimum atomic E-state index is 0.176. The maximum absolute atomic E-state index is 6.25. The van der Waals surface area contributed by atoms with Gasteiger partial charge in [0.25, 0.3) is 0 Å². The standard InChI is InChI=1S/C19H17N9/c1-12-15(25-23-13-8-4-2-5-9-13)18(21)28-19(22-12)16(17(20)27-28)26-24-14-10-6-3-7-11-14/h2-11H,21H2,1H3,(H2,20,27). The summed E-state index contributed by atoms with van der Waals surface area (Å²) in [5.74, 6) is 0.450. The first-order chi connectivity index (χ1) is 13.6. The maximum Gasteiger partial charge on any atom is 0.187 e. The molecule has 9 heteroatoms. The Morgan fingerprint density at radius 1 is 0.750 bits per heavy atom. The van der Waals surface area contributed by atoms with Gasteiger partial charge in [-0.25, -0.2) is 4.98 Å². The van der Waals surface area contributed by atoms with Crippen LogP contribution in [-0.2, 0) is 0 Å². The quantitative estimate of drug-likeness (QED) is 0.487. The molecule has 28 heavy (non-hydrogen) atoms. The second-order valence-corrected chi connectivity index (χ2v) is 5.97. The minimum absolute atomic E-state index is 0.176. The molecule has 2 heterocycles. The molecule has 0 amide bonds. The summed E-state index contributed by atoms with van der Waals surface area (Å²) in [6, 6.07) is 18.7. The lowest BCUT2D eigenvalue weighted by Gasteiger charge is -2.05. The van der Waals surface area contributed by atoms with Crippen LogP contribution in [0.3, 0.4) is 0 Å². The molecule has 4 aromatic rings. The molecule has 0 bridgehead atoms. The molecule has 0 fully saturated rings. The van der Waals surface area contributed by atoms with Crippen molar-refractivity contribution in [3.05, 3.63) is 66.4 Å². The number of nitrogen functional groups attached to an aromatic ring is 2. The van der Waals surface area contributed by atoms with Crippen molar-refractivity contribution in [3.8, 4) is 0 Å². The zero-order valence-electron chi connectivity index (χ0n) is 15.1. The van der Waals surface area contributed by atoms with E-state index in [2.05, 4.69) is 30.5 Å². The molecule has 0 radical (unpaired) electrons. The highest BCUT2D eigenvalue weighted by Crippen LogP contribution is 2.34. The van der Waals surface area contributed by atoms with Gasteiger partial charge in [0.2, 0.25) is 0 Å². The van der Waals surface area contributed by atoms with Gasteiger partial charge in [0.05, 0.1) is 17.1 Å². The van der Waals surface area contributed by atoms with Crippen molar-refractivity contribution in [3.63, 3.8) is 0 Å². The average Bonchev–Trinajstić information content (AvgIpc) is 3.03. The Bertz CT molecular complexity index is 1180. The molecule has 2 aromatic carbocycles. The second kappa shape index (κ2) is 7.23. The molecule has 0 unspecified atom stereocenters. The molecule has 0 spiro atoms. The Balaban J connectivity index is 1.76. The molecule has 4 rings (SSSR count). The van der Waals surface area contributed by atoms with Crippen LogP contribution in [0.15, 0.2) is 81.1 Å². The third-order valence-electron chi connectivity index (χ3n) is 3.99. The van der Waals surface area contributed by atoms with Crippen molar-refractivity contribution >= 4 is 40.0 Å². The summed E-state index contributed by atoms with van der Waals surface area (Å²) in [5.41, 5.74) is 15.4. The summed E-state index contributed by atoms with van der Waals surface area (Å²) >= 11 is 0. The van der Waals surface area contributed by atoms with Gasteiger partial charge < -0.3 is 11.5 Å². The molecule has 9 nitrogen and oxygen atoms in total. The Morgan fingerprint density at radius 2 is 1.29 bits per heavy atom. The zero-order chi connectivity index (χ0) is 19.5. The highest BCUT2D eigenvalue weighted by Gasteiger charge is 2.18. The van der Waals surface area contributed by atoms with Gasteiger partial charge in [-0.05, 0) is 31.2 Å². The van der Waals surface area contributed by atoms with Crippen molar-refractivity contribution in [2.24, 2.45) is 20.5 Å². The fourth-order valence-electron chi connectivity index (χ4n) is 2.61. The minimum Gasteiger partial charge on any atom is -0.382 e. The van der Waals surface area contributed by atoms with Crippen molar-refractivity contribution in [2.75, 3.05) is 11.5 Å². The normalized spacial score (nSPS) is 11.8. The van der Waals surface area contributed by atoms with E-state index in [0.717, 1.165) is 0 Å². The van der Waals surface area contributed by atoms with Crippen molar-refractivity contribution < 1.29 is 0 Å². The monoisotopic (exact) mass is 371 g/mol. The lowest BCUT2D eigenvalue weighted by atomic mass is 10.3. The van der Waals surface area contributed by atoms with E-state index < -0.39 is 0 Å². The maximum atomic E-state index is 6.25. The number of nitrogens with zero attached hydrogens (tertiary/aromatic N) is 7. The van der Waals surface area contributed by atoms with Crippen LogP contribution in [0.4, 0.5) is 34.4 Å². The van der Waals surface area contributed by atoms with Crippen LogP contribution >= 0.6 is 0 Å². The number of fused-ring (bicyclic) bond motifs is 1. The van der Waals surface area contributed by atoms with E-state index in [1.165, 1.54) is 4.52 Å². The second-order valence-electron chi connectivity index (χ2n) is 5.97. The first-order valence-corrected chi connectivity index (χ1v) is 8.51. The van der Waals surface area contributed by atoms with Crippen LogP contribution in [0.5, 0.6) is 0 Å². The summed E-state index contributed by atoms with van der Waals surface area (Å²) in [7, 11) is 0. The molecule has 0 aliphatic heterocycles. The van der Waals surface area contributed by atoms with E-state index >= 15 is 0 Å². The highest BCUT2D eigenvalue weighted by molar-refractivity contribution is 5.79. The van der Waals surface area contributed by atoms with Crippen LogP contribution in [0.25, 0.3) is 5.65 Å². The van der Waals surface area contributed by atoms with E-state index in [0.29, 0.717) is 34.1 Å². The van der Waals surface area contributed by atoms with Gasteiger partial charge in [-0.15, -0.1) is 15.3 Å². The lowest BCUT2D eigenvalue weighted by molar-refractivity contribution is 0.941. The highest BCUT2D eigenvalue weighted by atomic mass is 15.3. The summed E-state index contributed by atoms with van der Waals surface area (Å²) in [6.45, 7) is 1.79. The number of azo groups is 2. The lowest BCUT2D eigenvalue weighted by Crippen LogP contribution is -2.02. The van der Waals surface area contributed by atoms with Crippen LogP contribution in [0.2, 0.25) is 0 Å². The predicted octanol–water partition coefficient (Wildman–Crippen LogP) is 5.03. The molecule has 0 saturated carbocycles.